The van der Waals surface area contributed by atoms with Crippen molar-refractivity contribution in [1.82, 2.24) is 5.32 Å². The topological polar surface area (TPSA) is 21.3 Å². The number of benzene rings is 2. The van der Waals surface area contributed by atoms with Gasteiger partial charge in [0.2, 0.25) is 0 Å². The third-order valence-corrected chi connectivity index (χ3v) is 4.22. The normalized spacial score (nSPS) is 12.2. The van der Waals surface area contributed by atoms with Crippen molar-refractivity contribution in [3.63, 3.8) is 0 Å². The van der Waals surface area contributed by atoms with Crippen LogP contribution >= 0.6 is 11.8 Å². The number of thioether (sulfide) groups is 1. The summed E-state index contributed by atoms with van der Waals surface area (Å²) < 4.78 is 19.8. The molecule has 2 aromatic rings. The van der Waals surface area contributed by atoms with Crippen LogP contribution in [0.15, 0.2) is 41.3 Å². The van der Waals surface area contributed by atoms with Crippen molar-refractivity contribution in [3.05, 3.63) is 53.3 Å². The summed E-state index contributed by atoms with van der Waals surface area (Å²) >= 11 is 1.68. The first kappa shape index (κ1) is 15.9. The van der Waals surface area contributed by atoms with Gasteiger partial charge in [-0.25, -0.2) is 4.39 Å². The molecule has 0 heterocycles. The van der Waals surface area contributed by atoms with E-state index in [1.807, 2.05) is 44.5 Å². The molecule has 0 fully saturated rings. The van der Waals surface area contributed by atoms with Gasteiger partial charge in [0.25, 0.3) is 0 Å². The van der Waals surface area contributed by atoms with Crippen molar-refractivity contribution >= 4 is 11.8 Å². The fourth-order valence-corrected chi connectivity index (χ4v) is 2.43. The minimum Gasteiger partial charge on any atom is -0.457 e. The van der Waals surface area contributed by atoms with Gasteiger partial charge >= 0.3 is 0 Å². The lowest BCUT2D eigenvalue weighted by atomic mass is 10.0. The molecule has 0 aliphatic carbocycles. The van der Waals surface area contributed by atoms with Gasteiger partial charge in [0, 0.05) is 16.5 Å². The summed E-state index contributed by atoms with van der Waals surface area (Å²) in [5.41, 5.74) is 1.40. The Morgan fingerprint density at radius 1 is 1.19 bits per heavy atom. The zero-order valence-corrected chi connectivity index (χ0v) is 13.6. The highest BCUT2D eigenvalue weighted by Crippen LogP contribution is 2.32. The van der Waals surface area contributed by atoms with Crippen LogP contribution in [-0.2, 0) is 0 Å². The van der Waals surface area contributed by atoms with E-state index < -0.39 is 0 Å². The molecule has 112 valence electrons. The second-order valence-electron chi connectivity index (χ2n) is 4.93. The second-order valence-corrected chi connectivity index (χ2v) is 5.81. The number of nitrogens with one attached hydrogen (secondary N) is 1. The van der Waals surface area contributed by atoms with Gasteiger partial charge in [-0.3, -0.25) is 0 Å². The predicted octanol–water partition coefficient (Wildman–Crippen LogP) is 4.93. The summed E-state index contributed by atoms with van der Waals surface area (Å²) in [5.74, 6) is 1.23. The third kappa shape index (κ3) is 3.77. The molecule has 2 aromatic carbocycles. The molecule has 0 aliphatic rings. The average Bonchev–Trinajstić information content (AvgIpc) is 2.50. The molecule has 21 heavy (non-hydrogen) atoms. The van der Waals surface area contributed by atoms with Gasteiger partial charge in [-0.1, -0.05) is 0 Å². The lowest BCUT2D eigenvalue weighted by Gasteiger charge is -2.17. The summed E-state index contributed by atoms with van der Waals surface area (Å²) in [6, 6.07) is 11.2. The lowest BCUT2D eigenvalue weighted by molar-refractivity contribution is 0.462. The smallest absolute Gasteiger partial charge is 0.132 e. The molecule has 0 spiro atoms. The zero-order chi connectivity index (χ0) is 15.4. The van der Waals surface area contributed by atoms with Crippen molar-refractivity contribution in [1.29, 1.82) is 0 Å². The van der Waals surface area contributed by atoms with Crippen LogP contribution in [0.4, 0.5) is 4.39 Å². The Balaban J connectivity index is 2.34. The number of halogens is 1. The van der Waals surface area contributed by atoms with E-state index in [4.69, 9.17) is 4.74 Å². The SMILES string of the molecule is CNC(C)c1cc(F)c(C)cc1Oc1ccc(SC)cc1. The quantitative estimate of drug-likeness (QED) is 0.792. The molecular formula is C17H20FNOS. The molecule has 0 aliphatic heterocycles. The summed E-state index contributed by atoms with van der Waals surface area (Å²) in [6.07, 6.45) is 2.03. The molecule has 4 heteroatoms. The van der Waals surface area contributed by atoms with Crippen LogP contribution < -0.4 is 10.1 Å². The maximum absolute atomic E-state index is 13.8. The second kappa shape index (κ2) is 6.96. The first-order valence-electron chi connectivity index (χ1n) is 6.84. The first-order valence-corrected chi connectivity index (χ1v) is 8.07. The Labute approximate surface area is 129 Å². The highest BCUT2D eigenvalue weighted by Gasteiger charge is 2.14. The average molecular weight is 305 g/mol. The van der Waals surface area contributed by atoms with Crippen LogP contribution in [0.3, 0.4) is 0 Å². The third-order valence-electron chi connectivity index (χ3n) is 3.48. The van der Waals surface area contributed by atoms with E-state index in [2.05, 4.69) is 5.32 Å². The van der Waals surface area contributed by atoms with Crippen molar-refractivity contribution < 1.29 is 9.13 Å². The number of aryl methyl sites for hydroxylation is 1. The van der Waals surface area contributed by atoms with Crippen LogP contribution in [0.2, 0.25) is 0 Å². The maximum atomic E-state index is 13.8. The van der Waals surface area contributed by atoms with Gasteiger partial charge in [-0.05, 0) is 69.1 Å². The van der Waals surface area contributed by atoms with E-state index in [0.29, 0.717) is 11.3 Å². The van der Waals surface area contributed by atoms with Gasteiger partial charge in [-0.15, -0.1) is 11.8 Å². The highest BCUT2D eigenvalue weighted by atomic mass is 32.2. The zero-order valence-electron chi connectivity index (χ0n) is 12.7. The highest BCUT2D eigenvalue weighted by molar-refractivity contribution is 7.98. The lowest BCUT2D eigenvalue weighted by Crippen LogP contribution is -2.13. The number of hydrogen-bond acceptors (Lipinski definition) is 3. The molecule has 0 saturated heterocycles. The van der Waals surface area contributed by atoms with Crippen molar-refractivity contribution in [2.45, 2.75) is 24.8 Å². The minimum atomic E-state index is -0.211. The predicted molar refractivity (Wildman–Crippen MR) is 86.9 cm³/mol. The first-order chi connectivity index (χ1) is 10.0. The standard InChI is InChI=1S/C17H20FNOS/c1-11-9-17(15(10-16(11)18)12(2)19-3)20-13-5-7-14(21-4)8-6-13/h5-10,12,19H,1-4H3. The fraction of sp³-hybridized carbons (Fsp3) is 0.294. The van der Waals surface area contributed by atoms with Crippen LogP contribution in [0, 0.1) is 12.7 Å². The molecule has 0 amide bonds. The van der Waals surface area contributed by atoms with Gasteiger partial charge < -0.3 is 10.1 Å². The number of ether oxygens (including phenoxy) is 1. The van der Waals surface area contributed by atoms with Gasteiger partial charge in [0.05, 0.1) is 0 Å². The Morgan fingerprint density at radius 3 is 2.43 bits per heavy atom. The molecule has 2 nitrogen and oxygen atoms in total. The van der Waals surface area contributed by atoms with E-state index in [9.17, 15) is 4.39 Å². The Hall–Kier alpha value is -1.52. The van der Waals surface area contributed by atoms with Crippen LogP contribution in [0.25, 0.3) is 0 Å². The van der Waals surface area contributed by atoms with Gasteiger partial charge in [0.15, 0.2) is 0 Å². The monoisotopic (exact) mass is 305 g/mol. The maximum Gasteiger partial charge on any atom is 0.132 e. The van der Waals surface area contributed by atoms with E-state index in [1.54, 1.807) is 30.8 Å². The van der Waals surface area contributed by atoms with Gasteiger partial charge in [0.1, 0.15) is 17.3 Å². The number of hydrogen-bond donors (Lipinski definition) is 1. The van der Waals surface area contributed by atoms with Crippen LogP contribution in [0.1, 0.15) is 24.1 Å². The summed E-state index contributed by atoms with van der Waals surface area (Å²) in [6.45, 7) is 3.72. The summed E-state index contributed by atoms with van der Waals surface area (Å²) in [7, 11) is 1.85. The summed E-state index contributed by atoms with van der Waals surface area (Å²) in [5, 5.41) is 3.12. The Bertz CT molecular complexity index is 613. The molecule has 1 atom stereocenters. The fourth-order valence-electron chi connectivity index (χ4n) is 2.02. The van der Waals surface area contributed by atoms with E-state index in [1.165, 1.54) is 4.90 Å². The molecule has 1 unspecified atom stereocenters. The van der Waals surface area contributed by atoms with E-state index in [0.717, 1.165) is 11.3 Å². The van der Waals surface area contributed by atoms with E-state index in [-0.39, 0.29) is 11.9 Å². The van der Waals surface area contributed by atoms with Gasteiger partial charge in [-0.2, -0.15) is 0 Å². The molecule has 1 N–H and O–H groups in total. The number of rotatable bonds is 5. The summed E-state index contributed by atoms with van der Waals surface area (Å²) in [4.78, 5) is 1.18. The van der Waals surface area contributed by atoms with E-state index >= 15 is 0 Å². The van der Waals surface area contributed by atoms with Crippen LogP contribution in [-0.4, -0.2) is 13.3 Å². The largest absolute Gasteiger partial charge is 0.457 e. The molecule has 0 radical (unpaired) electrons. The molecule has 0 bridgehead atoms. The van der Waals surface area contributed by atoms with Crippen molar-refractivity contribution in [3.8, 4) is 11.5 Å². The Kier molecular flexibility index (Phi) is 5.26. The van der Waals surface area contributed by atoms with Crippen molar-refractivity contribution in [2.24, 2.45) is 0 Å². The molecule has 0 saturated carbocycles. The minimum absolute atomic E-state index is 0.0144. The Morgan fingerprint density at radius 2 is 1.86 bits per heavy atom. The van der Waals surface area contributed by atoms with Crippen LogP contribution in [0.5, 0.6) is 11.5 Å². The molecule has 2 rings (SSSR count). The molecular weight excluding hydrogens is 285 g/mol. The van der Waals surface area contributed by atoms with Crippen molar-refractivity contribution in [2.75, 3.05) is 13.3 Å². The molecule has 0 aromatic heterocycles.